The average molecular weight is 276 g/mol. The Labute approximate surface area is 117 Å². The Balaban J connectivity index is 1.82. The van der Waals surface area contributed by atoms with Crippen LogP contribution in [0.5, 0.6) is 0 Å². The summed E-state index contributed by atoms with van der Waals surface area (Å²) in [7, 11) is 0. The topological polar surface area (TPSA) is 92.5 Å². The molecule has 0 spiro atoms. The summed E-state index contributed by atoms with van der Waals surface area (Å²) in [5.74, 6) is 2.04. The smallest absolute Gasteiger partial charge is 0.239 e. The normalized spacial score (nSPS) is 23.6. The number of likely N-dealkylation sites (N-methyl/N-ethyl adjacent to an activating group) is 1. The summed E-state index contributed by atoms with van der Waals surface area (Å²) in [6.07, 6.45) is 7.46. The number of nitrogens with one attached hydrogen (secondary N) is 2. The van der Waals surface area contributed by atoms with Crippen LogP contribution in [-0.2, 0) is 0 Å². The van der Waals surface area contributed by atoms with Gasteiger partial charge in [-0.2, -0.15) is 10.1 Å². The molecule has 0 aliphatic heterocycles. The molecule has 0 aromatic carbocycles. The molecule has 2 unspecified atom stereocenters. The van der Waals surface area contributed by atoms with E-state index in [1.54, 1.807) is 0 Å². The molecule has 0 saturated heterocycles. The molecule has 2 atom stereocenters. The van der Waals surface area contributed by atoms with E-state index in [1.807, 2.05) is 0 Å². The predicted octanol–water partition coefficient (Wildman–Crippen LogP) is 1.88. The van der Waals surface area contributed by atoms with Crippen LogP contribution in [0.1, 0.15) is 50.8 Å². The van der Waals surface area contributed by atoms with E-state index in [0.717, 1.165) is 13.0 Å². The predicted molar refractivity (Wildman–Crippen MR) is 73.0 cm³/mol. The molecule has 7 nitrogen and oxygen atoms in total. The second kappa shape index (κ2) is 6.13. The Morgan fingerprint density at radius 1 is 1.35 bits per heavy atom. The Bertz CT molecular complexity index is 523. The summed E-state index contributed by atoms with van der Waals surface area (Å²) in [6.45, 7) is 3.10. The van der Waals surface area contributed by atoms with Gasteiger partial charge in [0.25, 0.3) is 0 Å². The van der Waals surface area contributed by atoms with Gasteiger partial charge in [0.05, 0.1) is 5.92 Å². The van der Waals surface area contributed by atoms with E-state index >= 15 is 0 Å². The van der Waals surface area contributed by atoms with Crippen LogP contribution >= 0.6 is 0 Å². The quantitative estimate of drug-likeness (QED) is 0.828. The highest BCUT2D eigenvalue weighted by Gasteiger charge is 2.29. The first kappa shape index (κ1) is 13.2. The van der Waals surface area contributed by atoms with Crippen LogP contribution in [-0.4, -0.2) is 37.9 Å². The van der Waals surface area contributed by atoms with Crippen molar-refractivity contribution in [3.05, 3.63) is 12.2 Å². The van der Waals surface area contributed by atoms with Gasteiger partial charge in [-0.15, -0.1) is 0 Å². The highest BCUT2D eigenvalue weighted by Crippen LogP contribution is 2.31. The third-order valence-electron chi connectivity index (χ3n) is 3.87. The Morgan fingerprint density at radius 2 is 2.25 bits per heavy atom. The van der Waals surface area contributed by atoms with E-state index in [1.165, 1.54) is 32.0 Å². The lowest BCUT2D eigenvalue weighted by Gasteiger charge is -2.22. The second-order valence-electron chi connectivity index (χ2n) is 5.20. The highest BCUT2D eigenvalue weighted by atomic mass is 16.5. The van der Waals surface area contributed by atoms with Gasteiger partial charge in [-0.05, 0) is 19.4 Å². The number of aromatic amines is 1. The fourth-order valence-electron chi connectivity index (χ4n) is 2.90. The maximum atomic E-state index is 5.47. The number of rotatable bonds is 4. The van der Waals surface area contributed by atoms with Gasteiger partial charge in [0.15, 0.2) is 5.82 Å². The molecule has 3 rings (SSSR count). The molecule has 1 fully saturated rings. The highest BCUT2D eigenvalue weighted by molar-refractivity contribution is 5.39. The van der Waals surface area contributed by atoms with Crippen LogP contribution in [0.2, 0.25) is 0 Å². The molecular formula is C13H20N6O. The molecule has 2 heterocycles. The van der Waals surface area contributed by atoms with Crippen LogP contribution < -0.4 is 5.32 Å². The maximum Gasteiger partial charge on any atom is 0.239 e. The lowest BCUT2D eigenvalue weighted by atomic mass is 9.94. The van der Waals surface area contributed by atoms with Crippen LogP contribution in [0.15, 0.2) is 10.9 Å². The van der Waals surface area contributed by atoms with E-state index in [9.17, 15) is 0 Å². The molecule has 7 heteroatoms. The zero-order valence-corrected chi connectivity index (χ0v) is 11.7. The van der Waals surface area contributed by atoms with Gasteiger partial charge in [0.2, 0.25) is 11.7 Å². The lowest BCUT2D eigenvalue weighted by Crippen LogP contribution is -2.34. The van der Waals surface area contributed by atoms with Crippen molar-refractivity contribution in [1.29, 1.82) is 0 Å². The standard InChI is InChI=1S/C13H20N6O/c1-2-14-10-7-5-3-4-6-9(10)13-17-12(19-20-13)11-15-8-16-18-11/h8-10,14H,2-7H2,1H3,(H,15,16,18). The third kappa shape index (κ3) is 2.72. The van der Waals surface area contributed by atoms with Gasteiger partial charge in [0.1, 0.15) is 6.33 Å². The van der Waals surface area contributed by atoms with Crippen molar-refractivity contribution in [2.45, 2.75) is 51.0 Å². The summed E-state index contributed by atoms with van der Waals surface area (Å²) in [5, 5.41) is 14.1. The molecule has 0 radical (unpaired) electrons. The minimum Gasteiger partial charge on any atom is -0.338 e. The Hall–Kier alpha value is -1.76. The molecule has 2 aromatic rings. The maximum absolute atomic E-state index is 5.47. The van der Waals surface area contributed by atoms with Crippen LogP contribution in [0.25, 0.3) is 11.6 Å². The number of aromatic nitrogens is 5. The van der Waals surface area contributed by atoms with Gasteiger partial charge >= 0.3 is 0 Å². The molecule has 0 bridgehead atoms. The number of nitrogens with zero attached hydrogens (tertiary/aromatic N) is 4. The first-order valence-electron chi connectivity index (χ1n) is 7.31. The van der Waals surface area contributed by atoms with Gasteiger partial charge < -0.3 is 9.84 Å². The fraction of sp³-hybridized carbons (Fsp3) is 0.692. The van der Waals surface area contributed by atoms with Gasteiger partial charge in [-0.25, -0.2) is 4.98 Å². The lowest BCUT2D eigenvalue weighted by molar-refractivity contribution is 0.306. The van der Waals surface area contributed by atoms with E-state index in [-0.39, 0.29) is 0 Å². The van der Waals surface area contributed by atoms with Gasteiger partial charge in [-0.3, -0.25) is 5.10 Å². The number of hydrogen-bond acceptors (Lipinski definition) is 6. The molecule has 2 aromatic heterocycles. The summed E-state index contributed by atoms with van der Waals surface area (Å²) in [4.78, 5) is 8.55. The van der Waals surface area contributed by atoms with Crippen LogP contribution in [0.4, 0.5) is 0 Å². The largest absolute Gasteiger partial charge is 0.338 e. The van der Waals surface area contributed by atoms with Crippen molar-refractivity contribution in [2.75, 3.05) is 6.54 Å². The zero-order chi connectivity index (χ0) is 13.8. The number of hydrogen-bond donors (Lipinski definition) is 2. The molecule has 0 amide bonds. The van der Waals surface area contributed by atoms with Crippen molar-refractivity contribution >= 4 is 0 Å². The molecular weight excluding hydrogens is 256 g/mol. The molecule has 108 valence electrons. The summed E-state index contributed by atoms with van der Waals surface area (Å²) < 4.78 is 5.47. The second-order valence-corrected chi connectivity index (χ2v) is 5.20. The van der Waals surface area contributed by atoms with E-state index in [0.29, 0.717) is 29.5 Å². The molecule has 2 N–H and O–H groups in total. The average Bonchev–Trinajstić information content (AvgIpc) is 3.09. The molecule has 1 saturated carbocycles. The van der Waals surface area contributed by atoms with Crippen LogP contribution in [0, 0.1) is 0 Å². The minimum atomic E-state index is 0.293. The van der Waals surface area contributed by atoms with Crippen molar-refractivity contribution in [2.24, 2.45) is 0 Å². The monoisotopic (exact) mass is 276 g/mol. The summed E-state index contributed by atoms with van der Waals surface area (Å²) in [5.41, 5.74) is 0. The first-order chi connectivity index (χ1) is 9.88. The van der Waals surface area contributed by atoms with Crippen molar-refractivity contribution < 1.29 is 4.52 Å². The van der Waals surface area contributed by atoms with E-state index < -0.39 is 0 Å². The van der Waals surface area contributed by atoms with Crippen molar-refractivity contribution in [1.82, 2.24) is 30.6 Å². The Morgan fingerprint density at radius 3 is 3.05 bits per heavy atom. The SMILES string of the molecule is CCNC1CCCCCC1c1nc(-c2ncn[nH]2)no1. The van der Waals surface area contributed by atoms with Gasteiger partial charge in [-0.1, -0.05) is 31.3 Å². The van der Waals surface area contributed by atoms with Gasteiger partial charge in [0, 0.05) is 6.04 Å². The Kier molecular flexibility index (Phi) is 4.05. The summed E-state index contributed by atoms with van der Waals surface area (Å²) in [6, 6.07) is 0.422. The molecule has 1 aliphatic carbocycles. The van der Waals surface area contributed by atoms with Crippen molar-refractivity contribution in [3.63, 3.8) is 0 Å². The number of H-pyrrole nitrogens is 1. The first-order valence-corrected chi connectivity index (χ1v) is 7.31. The minimum absolute atomic E-state index is 0.293. The third-order valence-corrected chi connectivity index (χ3v) is 3.87. The molecule has 1 aliphatic rings. The van der Waals surface area contributed by atoms with Crippen molar-refractivity contribution in [3.8, 4) is 11.6 Å². The van der Waals surface area contributed by atoms with Crippen LogP contribution in [0.3, 0.4) is 0 Å². The zero-order valence-electron chi connectivity index (χ0n) is 11.7. The molecule has 20 heavy (non-hydrogen) atoms. The summed E-state index contributed by atoms with van der Waals surface area (Å²) >= 11 is 0. The fourth-order valence-corrected chi connectivity index (χ4v) is 2.90. The van der Waals surface area contributed by atoms with E-state index in [4.69, 9.17) is 4.52 Å². The van der Waals surface area contributed by atoms with E-state index in [2.05, 4.69) is 37.6 Å².